The van der Waals surface area contributed by atoms with E-state index in [0.29, 0.717) is 25.0 Å². The highest BCUT2D eigenvalue weighted by Crippen LogP contribution is 2.33. The van der Waals surface area contributed by atoms with Gasteiger partial charge in [-0.1, -0.05) is 6.07 Å². The summed E-state index contributed by atoms with van der Waals surface area (Å²) in [7, 11) is 1.64. The lowest BCUT2D eigenvalue weighted by Gasteiger charge is -2.19. The van der Waals surface area contributed by atoms with Crippen LogP contribution in [-0.4, -0.2) is 30.3 Å². The van der Waals surface area contributed by atoms with Crippen LogP contribution < -0.4 is 24.8 Å². The van der Waals surface area contributed by atoms with Crippen LogP contribution in [0.25, 0.3) is 0 Å². The Kier molecular flexibility index (Phi) is 4.65. The van der Waals surface area contributed by atoms with Crippen LogP contribution in [-0.2, 0) is 0 Å². The lowest BCUT2D eigenvalue weighted by Crippen LogP contribution is -2.15. The summed E-state index contributed by atoms with van der Waals surface area (Å²) < 4.78 is 16.4. The van der Waals surface area contributed by atoms with E-state index in [1.807, 2.05) is 55.5 Å². The molecule has 0 aliphatic carbocycles. The second kappa shape index (κ2) is 7.41. The Hall–Kier alpha value is -3.48. The summed E-state index contributed by atoms with van der Waals surface area (Å²) >= 11 is 0. The Balaban J connectivity index is 1.55. The van der Waals surface area contributed by atoms with E-state index in [9.17, 15) is 0 Å². The minimum atomic E-state index is 0.503. The van der Waals surface area contributed by atoms with Crippen molar-refractivity contribution in [2.24, 2.45) is 0 Å². The number of aromatic nitrogens is 2. The van der Waals surface area contributed by atoms with Crippen molar-refractivity contribution in [2.45, 2.75) is 6.92 Å². The number of rotatable bonds is 5. The smallest absolute Gasteiger partial charge is 0.229 e. The maximum absolute atomic E-state index is 5.63. The van der Waals surface area contributed by atoms with Gasteiger partial charge in [-0.15, -0.1) is 0 Å². The number of hydrogen-bond acceptors (Lipinski definition) is 7. The Morgan fingerprint density at radius 2 is 1.70 bits per heavy atom. The molecule has 2 heterocycles. The van der Waals surface area contributed by atoms with Gasteiger partial charge in [0.15, 0.2) is 11.5 Å². The van der Waals surface area contributed by atoms with Crippen molar-refractivity contribution in [2.75, 3.05) is 31.0 Å². The van der Waals surface area contributed by atoms with E-state index < -0.39 is 0 Å². The van der Waals surface area contributed by atoms with Gasteiger partial charge in [0.2, 0.25) is 5.95 Å². The third kappa shape index (κ3) is 4.03. The fourth-order valence-electron chi connectivity index (χ4n) is 2.79. The molecule has 1 aliphatic rings. The average molecular weight is 364 g/mol. The van der Waals surface area contributed by atoms with Crippen LogP contribution in [0.4, 0.5) is 23.1 Å². The van der Waals surface area contributed by atoms with Crippen molar-refractivity contribution in [3.05, 3.63) is 54.2 Å². The molecule has 7 nitrogen and oxygen atoms in total. The van der Waals surface area contributed by atoms with Crippen molar-refractivity contribution >= 4 is 23.1 Å². The van der Waals surface area contributed by atoms with Gasteiger partial charge >= 0.3 is 0 Å². The van der Waals surface area contributed by atoms with Gasteiger partial charge in [0.25, 0.3) is 0 Å². The number of nitrogens with zero attached hydrogens (tertiary/aromatic N) is 2. The fraction of sp³-hybridized carbons (Fsp3) is 0.200. The summed E-state index contributed by atoms with van der Waals surface area (Å²) in [6.45, 7) is 3.05. The number of aryl methyl sites for hydroxylation is 1. The van der Waals surface area contributed by atoms with E-state index in [0.717, 1.165) is 34.3 Å². The molecule has 0 saturated heterocycles. The molecule has 0 amide bonds. The van der Waals surface area contributed by atoms with Crippen LogP contribution in [0.3, 0.4) is 0 Å². The van der Waals surface area contributed by atoms with Gasteiger partial charge in [0.1, 0.15) is 24.8 Å². The minimum absolute atomic E-state index is 0.503. The summed E-state index contributed by atoms with van der Waals surface area (Å²) in [5.41, 5.74) is 2.56. The second-order valence-corrected chi connectivity index (χ2v) is 6.06. The predicted octanol–water partition coefficient (Wildman–Crippen LogP) is 4.05. The summed E-state index contributed by atoms with van der Waals surface area (Å²) in [5.74, 6) is 3.44. The molecule has 138 valence electrons. The lowest BCUT2D eigenvalue weighted by atomic mass is 10.2. The van der Waals surface area contributed by atoms with Gasteiger partial charge in [0, 0.05) is 35.3 Å². The molecule has 7 heteroatoms. The van der Waals surface area contributed by atoms with Crippen LogP contribution in [0.1, 0.15) is 5.69 Å². The number of nitrogens with one attached hydrogen (secondary N) is 2. The molecular weight excluding hydrogens is 344 g/mol. The molecule has 2 N–H and O–H groups in total. The predicted molar refractivity (Wildman–Crippen MR) is 104 cm³/mol. The SMILES string of the molecule is COc1cccc(Nc2nc(C)cc(Nc3ccc4c(c3)OCCO4)n2)c1. The quantitative estimate of drug-likeness (QED) is 0.707. The summed E-state index contributed by atoms with van der Waals surface area (Å²) in [6.07, 6.45) is 0. The number of methoxy groups -OCH3 is 1. The molecule has 0 radical (unpaired) electrons. The molecule has 0 unspecified atom stereocenters. The second-order valence-electron chi connectivity index (χ2n) is 6.06. The summed E-state index contributed by atoms with van der Waals surface area (Å²) in [5, 5.41) is 6.50. The zero-order chi connectivity index (χ0) is 18.6. The standard InChI is InChI=1S/C20H20N4O3/c1-13-10-19(22-15-6-7-17-18(12-15)27-9-8-26-17)24-20(21-13)23-14-4-3-5-16(11-14)25-2/h3-7,10-12H,8-9H2,1-2H3,(H2,21,22,23,24). The zero-order valence-electron chi connectivity index (χ0n) is 15.2. The third-order valence-electron chi connectivity index (χ3n) is 3.99. The van der Waals surface area contributed by atoms with Gasteiger partial charge in [-0.25, -0.2) is 4.98 Å². The van der Waals surface area contributed by atoms with Crippen molar-refractivity contribution in [3.8, 4) is 17.2 Å². The van der Waals surface area contributed by atoms with Crippen molar-refractivity contribution in [3.63, 3.8) is 0 Å². The van der Waals surface area contributed by atoms with Crippen LogP contribution in [0.5, 0.6) is 17.2 Å². The molecule has 27 heavy (non-hydrogen) atoms. The summed E-state index contributed by atoms with van der Waals surface area (Å²) in [6, 6.07) is 15.2. The first-order valence-electron chi connectivity index (χ1n) is 8.63. The Morgan fingerprint density at radius 3 is 2.56 bits per heavy atom. The Bertz CT molecular complexity index is 962. The monoisotopic (exact) mass is 364 g/mol. The average Bonchev–Trinajstić information content (AvgIpc) is 2.67. The summed E-state index contributed by atoms with van der Waals surface area (Å²) in [4.78, 5) is 8.99. The first-order chi connectivity index (χ1) is 13.2. The highest BCUT2D eigenvalue weighted by molar-refractivity contribution is 5.64. The Morgan fingerprint density at radius 1 is 0.889 bits per heavy atom. The normalized spacial score (nSPS) is 12.4. The van der Waals surface area contributed by atoms with Crippen molar-refractivity contribution in [1.29, 1.82) is 0 Å². The van der Waals surface area contributed by atoms with Gasteiger partial charge in [-0.2, -0.15) is 4.98 Å². The van der Waals surface area contributed by atoms with Crippen molar-refractivity contribution < 1.29 is 14.2 Å². The van der Waals surface area contributed by atoms with E-state index in [4.69, 9.17) is 14.2 Å². The highest BCUT2D eigenvalue weighted by atomic mass is 16.6. The van der Waals surface area contributed by atoms with E-state index >= 15 is 0 Å². The van der Waals surface area contributed by atoms with E-state index in [-0.39, 0.29) is 0 Å². The maximum Gasteiger partial charge on any atom is 0.229 e. The molecule has 1 aliphatic heterocycles. The van der Waals surface area contributed by atoms with E-state index in [1.54, 1.807) is 7.11 Å². The highest BCUT2D eigenvalue weighted by Gasteiger charge is 2.12. The number of anilines is 4. The Labute approximate surface area is 157 Å². The first-order valence-corrected chi connectivity index (χ1v) is 8.63. The van der Waals surface area contributed by atoms with Gasteiger partial charge < -0.3 is 24.8 Å². The maximum atomic E-state index is 5.63. The van der Waals surface area contributed by atoms with Crippen LogP contribution in [0.2, 0.25) is 0 Å². The molecule has 1 aromatic heterocycles. The number of benzene rings is 2. The zero-order valence-corrected chi connectivity index (χ0v) is 15.2. The van der Waals surface area contributed by atoms with Gasteiger partial charge in [0.05, 0.1) is 7.11 Å². The molecule has 0 spiro atoms. The number of hydrogen-bond donors (Lipinski definition) is 2. The fourth-order valence-corrected chi connectivity index (χ4v) is 2.79. The van der Waals surface area contributed by atoms with Gasteiger partial charge in [-0.05, 0) is 31.2 Å². The van der Waals surface area contributed by atoms with Crippen LogP contribution in [0.15, 0.2) is 48.5 Å². The first kappa shape index (κ1) is 17.0. The van der Waals surface area contributed by atoms with E-state index in [1.165, 1.54) is 0 Å². The van der Waals surface area contributed by atoms with Gasteiger partial charge in [-0.3, -0.25) is 0 Å². The van der Waals surface area contributed by atoms with Crippen LogP contribution in [0, 0.1) is 6.92 Å². The largest absolute Gasteiger partial charge is 0.497 e. The molecular formula is C20H20N4O3. The third-order valence-corrected chi connectivity index (χ3v) is 3.99. The molecule has 0 bridgehead atoms. The molecule has 0 saturated carbocycles. The van der Waals surface area contributed by atoms with Crippen molar-refractivity contribution in [1.82, 2.24) is 9.97 Å². The minimum Gasteiger partial charge on any atom is -0.497 e. The molecule has 2 aromatic carbocycles. The lowest BCUT2D eigenvalue weighted by molar-refractivity contribution is 0.171. The van der Waals surface area contributed by atoms with E-state index in [2.05, 4.69) is 20.6 Å². The topological polar surface area (TPSA) is 77.5 Å². The number of ether oxygens (including phenoxy) is 3. The number of fused-ring (bicyclic) bond motifs is 1. The molecule has 4 rings (SSSR count). The van der Waals surface area contributed by atoms with Crippen LogP contribution >= 0.6 is 0 Å². The molecule has 3 aromatic rings. The molecule has 0 fully saturated rings. The molecule has 0 atom stereocenters.